The maximum Gasteiger partial charge on any atom is 0.221 e. The van der Waals surface area contributed by atoms with Crippen LogP contribution in [0.2, 0.25) is 0 Å². The molecule has 1 heterocycles. The SMILES string of the molecule is CCNC(=O)CCn1c(C(C)(C)C)nc2cc(N)ccc21. The molecule has 0 radical (unpaired) electrons. The molecule has 0 unspecified atom stereocenters. The van der Waals surface area contributed by atoms with Gasteiger partial charge >= 0.3 is 0 Å². The number of fused-ring (bicyclic) bond motifs is 1. The molecule has 0 saturated carbocycles. The zero-order valence-electron chi connectivity index (χ0n) is 13.2. The third kappa shape index (κ3) is 3.35. The molecule has 21 heavy (non-hydrogen) atoms. The molecule has 114 valence electrons. The summed E-state index contributed by atoms with van der Waals surface area (Å²) in [6.45, 7) is 9.58. The van der Waals surface area contributed by atoms with Crippen LogP contribution in [-0.4, -0.2) is 22.0 Å². The van der Waals surface area contributed by atoms with Crippen molar-refractivity contribution in [1.82, 2.24) is 14.9 Å². The van der Waals surface area contributed by atoms with Crippen LogP contribution >= 0.6 is 0 Å². The van der Waals surface area contributed by atoms with Gasteiger partial charge in [-0.25, -0.2) is 4.98 Å². The van der Waals surface area contributed by atoms with E-state index >= 15 is 0 Å². The third-order valence-corrected chi connectivity index (χ3v) is 3.38. The van der Waals surface area contributed by atoms with Crippen LogP contribution in [0, 0.1) is 0 Å². The summed E-state index contributed by atoms with van der Waals surface area (Å²) in [5, 5.41) is 2.83. The number of benzene rings is 1. The van der Waals surface area contributed by atoms with Crippen molar-refractivity contribution in [2.75, 3.05) is 12.3 Å². The highest BCUT2D eigenvalue weighted by molar-refractivity contribution is 5.80. The summed E-state index contributed by atoms with van der Waals surface area (Å²) in [5.74, 6) is 1.04. The molecule has 0 bridgehead atoms. The number of aryl methyl sites for hydroxylation is 1. The largest absolute Gasteiger partial charge is 0.399 e. The first kappa shape index (κ1) is 15.4. The Bertz CT molecular complexity index is 652. The van der Waals surface area contributed by atoms with Crippen molar-refractivity contribution in [2.24, 2.45) is 0 Å². The molecule has 1 aromatic carbocycles. The molecule has 0 fully saturated rings. The molecule has 5 nitrogen and oxygen atoms in total. The van der Waals surface area contributed by atoms with E-state index in [0.717, 1.165) is 16.9 Å². The van der Waals surface area contributed by atoms with E-state index in [0.29, 0.717) is 25.2 Å². The number of aromatic nitrogens is 2. The van der Waals surface area contributed by atoms with Gasteiger partial charge in [-0.3, -0.25) is 4.79 Å². The number of carbonyl (C=O) groups is 1. The fourth-order valence-electron chi connectivity index (χ4n) is 2.44. The van der Waals surface area contributed by atoms with Crippen LogP contribution in [0.4, 0.5) is 5.69 Å². The number of nitrogens with one attached hydrogen (secondary N) is 1. The number of imidazole rings is 1. The monoisotopic (exact) mass is 288 g/mol. The fraction of sp³-hybridized carbons (Fsp3) is 0.500. The summed E-state index contributed by atoms with van der Waals surface area (Å²) in [5.41, 5.74) is 8.37. The van der Waals surface area contributed by atoms with Crippen molar-refractivity contribution in [3.63, 3.8) is 0 Å². The molecule has 2 rings (SSSR count). The van der Waals surface area contributed by atoms with Gasteiger partial charge in [-0.05, 0) is 25.1 Å². The molecular weight excluding hydrogens is 264 g/mol. The Balaban J connectivity index is 2.41. The van der Waals surface area contributed by atoms with Gasteiger partial charge in [0, 0.05) is 30.6 Å². The average Bonchev–Trinajstić information content (AvgIpc) is 2.74. The maximum atomic E-state index is 11.7. The maximum absolute atomic E-state index is 11.7. The van der Waals surface area contributed by atoms with Gasteiger partial charge in [-0.1, -0.05) is 20.8 Å². The highest BCUT2D eigenvalue weighted by atomic mass is 16.1. The van der Waals surface area contributed by atoms with Crippen LogP contribution in [0.25, 0.3) is 11.0 Å². The van der Waals surface area contributed by atoms with Crippen LogP contribution in [0.15, 0.2) is 18.2 Å². The molecule has 1 aromatic heterocycles. The number of anilines is 1. The topological polar surface area (TPSA) is 72.9 Å². The number of hydrogen-bond acceptors (Lipinski definition) is 3. The molecule has 1 amide bonds. The number of hydrogen-bond donors (Lipinski definition) is 2. The summed E-state index contributed by atoms with van der Waals surface area (Å²) in [4.78, 5) is 16.4. The highest BCUT2D eigenvalue weighted by Gasteiger charge is 2.23. The lowest BCUT2D eigenvalue weighted by Gasteiger charge is -2.20. The van der Waals surface area contributed by atoms with Crippen LogP contribution in [-0.2, 0) is 16.8 Å². The number of nitrogens with zero attached hydrogens (tertiary/aromatic N) is 2. The molecule has 5 heteroatoms. The lowest BCUT2D eigenvalue weighted by molar-refractivity contribution is -0.121. The predicted octanol–water partition coefficient (Wildman–Crippen LogP) is 2.44. The fourth-order valence-corrected chi connectivity index (χ4v) is 2.44. The predicted molar refractivity (Wildman–Crippen MR) is 86.1 cm³/mol. The van der Waals surface area contributed by atoms with E-state index in [1.807, 2.05) is 25.1 Å². The smallest absolute Gasteiger partial charge is 0.221 e. The van der Waals surface area contributed by atoms with Gasteiger partial charge in [0.15, 0.2) is 0 Å². The Morgan fingerprint density at radius 3 is 2.71 bits per heavy atom. The van der Waals surface area contributed by atoms with Gasteiger partial charge < -0.3 is 15.6 Å². The van der Waals surface area contributed by atoms with Gasteiger partial charge in [0.05, 0.1) is 11.0 Å². The second-order valence-electron chi connectivity index (χ2n) is 6.29. The summed E-state index contributed by atoms with van der Waals surface area (Å²) >= 11 is 0. The highest BCUT2D eigenvalue weighted by Crippen LogP contribution is 2.27. The van der Waals surface area contributed by atoms with E-state index in [4.69, 9.17) is 10.7 Å². The number of rotatable bonds is 4. The van der Waals surface area contributed by atoms with E-state index in [-0.39, 0.29) is 11.3 Å². The van der Waals surface area contributed by atoms with Crippen molar-refractivity contribution >= 4 is 22.6 Å². The molecule has 0 aliphatic heterocycles. The molecule has 0 atom stereocenters. The molecule has 3 N–H and O–H groups in total. The van der Waals surface area contributed by atoms with Crippen LogP contribution in [0.1, 0.15) is 39.9 Å². The van der Waals surface area contributed by atoms with Gasteiger partial charge in [0.2, 0.25) is 5.91 Å². The zero-order valence-corrected chi connectivity index (χ0v) is 13.2. The first-order valence-corrected chi connectivity index (χ1v) is 7.36. The number of amides is 1. The molecule has 0 aliphatic rings. The normalized spacial score (nSPS) is 11.8. The number of nitrogen functional groups attached to an aromatic ring is 1. The average molecular weight is 288 g/mol. The first-order valence-electron chi connectivity index (χ1n) is 7.36. The van der Waals surface area contributed by atoms with Crippen LogP contribution in [0.5, 0.6) is 0 Å². The van der Waals surface area contributed by atoms with Gasteiger partial charge in [0.25, 0.3) is 0 Å². The van der Waals surface area contributed by atoms with E-state index < -0.39 is 0 Å². The van der Waals surface area contributed by atoms with Crippen molar-refractivity contribution in [3.05, 3.63) is 24.0 Å². The Kier molecular flexibility index (Phi) is 4.21. The van der Waals surface area contributed by atoms with E-state index in [1.54, 1.807) is 0 Å². The Hall–Kier alpha value is -2.04. The Morgan fingerprint density at radius 2 is 2.10 bits per heavy atom. The molecule has 2 aromatic rings. The lowest BCUT2D eigenvalue weighted by atomic mass is 9.95. The molecule has 0 aliphatic carbocycles. The Labute approximate surface area is 125 Å². The number of nitrogens with two attached hydrogens (primary N) is 1. The summed E-state index contributed by atoms with van der Waals surface area (Å²) < 4.78 is 2.13. The summed E-state index contributed by atoms with van der Waals surface area (Å²) in [6, 6.07) is 5.73. The van der Waals surface area contributed by atoms with Crippen LogP contribution in [0.3, 0.4) is 0 Å². The number of carbonyl (C=O) groups excluding carboxylic acids is 1. The lowest BCUT2D eigenvalue weighted by Crippen LogP contribution is -2.25. The van der Waals surface area contributed by atoms with Gasteiger partial charge in [0.1, 0.15) is 5.82 Å². The summed E-state index contributed by atoms with van der Waals surface area (Å²) in [7, 11) is 0. The minimum Gasteiger partial charge on any atom is -0.399 e. The van der Waals surface area contributed by atoms with Crippen molar-refractivity contribution in [1.29, 1.82) is 0 Å². The standard InChI is InChI=1S/C16H24N4O/c1-5-18-14(21)8-9-20-13-7-6-11(17)10-12(13)19-15(20)16(2,3)4/h6-7,10H,5,8-9,17H2,1-4H3,(H,18,21). The molecule has 0 spiro atoms. The van der Waals surface area contributed by atoms with Crippen molar-refractivity contribution < 1.29 is 4.79 Å². The van der Waals surface area contributed by atoms with E-state index in [1.165, 1.54) is 0 Å². The summed E-state index contributed by atoms with van der Waals surface area (Å²) in [6.07, 6.45) is 0.451. The minimum absolute atomic E-state index is 0.0645. The molecular formula is C16H24N4O. The second-order valence-corrected chi connectivity index (χ2v) is 6.29. The van der Waals surface area contributed by atoms with Gasteiger partial charge in [-0.15, -0.1) is 0 Å². The van der Waals surface area contributed by atoms with Crippen molar-refractivity contribution in [3.8, 4) is 0 Å². The minimum atomic E-state index is -0.0883. The van der Waals surface area contributed by atoms with Crippen LogP contribution < -0.4 is 11.1 Å². The second kappa shape index (κ2) is 5.76. The Morgan fingerprint density at radius 1 is 1.38 bits per heavy atom. The quantitative estimate of drug-likeness (QED) is 0.849. The first-order chi connectivity index (χ1) is 9.82. The van der Waals surface area contributed by atoms with Gasteiger partial charge in [-0.2, -0.15) is 0 Å². The third-order valence-electron chi connectivity index (χ3n) is 3.38. The van der Waals surface area contributed by atoms with E-state index in [2.05, 4.69) is 30.7 Å². The van der Waals surface area contributed by atoms with E-state index in [9.17, 15) is 4.79 Å². The van der Waals surface area contributed by atoms with Crippen molar-refractivity contribution in [2.45, 2.75) is 46.1 Å². The molecule has 0 saturated heterocycles. The zero-order chi connectivity index (χ0) is 15.6.